The molecule has 0 bridgehead atoms. The van der Waals surface area contributed by atoms with E-state index < -0.39 is 16.1 Å². The predicted molar refractivity (Wildman–Crippen MR) is 140 cm³/mol. The van der Waals surface area contributed by atoms with Crippen LogP contribution in [-0.2, 0) is 10.8 Å². The lowest BCUT2D eigenvalue weighted by Crippen LogP contribution is -2.45. The van der Waals surface area contributed by atoms with Crippen molar-refractivity contribution in [3.63, 3.8) is 0 Å². The predicted octanol–water partition coefficient (Wildman–Crippen LogP) is 7.12. The lowest BCUT2D eigenvalue weighted by Gasteiger charge is -2.27. The first kappa shape index (κ1) is 23.9. The maximum absolute atomic E-state index is 3.80. The first-order valence-corrected chi connectivity index (χ1v) is 18.0. The van der Waals surface area contributed by atoms with E-state index in [0.717, 1.165) is 0 Å². The molecule has 0 aliphatic carbocycles. The number of hydrogen-bond acceptors (Lipinski definition) is 1. The number of anilines is 2. The molecule has 2 rings (SSSR count). The van der Waals surface area contributed by atoms with Crippen LogP contribution >= 0.6 is 0 Å². The first-order chi connectivity index (χ1) is 12.9. The van der Waals surface area contributed by atoms with Crippen molar-refractivity contribution >= 4 is 37.9 Å². The van der Waals surface area contributed by atoms with Crippen molar-refractivity contribution in [2.75, 3.05) is 5.32 Å². The van der Waals surface area contributed by atoms with Crippen molar-refractivity contribution in [3.05, 3.63) is 47.5 Å². The van der Waals surface area contributed by atoms with Gasteiger partial charge in [0.15, 0.2) is 0 Å². The summed E-state index contributed by atoms with van der Waals surface area (Å²) in [5.41, 5.74) is 5.48. The fourth-order valence-corrected chi connectivity index (χ4v) is 5.80. The second-order valence-electron chi connectivity index (χ2n) is 12.7. The van der Waals surface area contributed by atoms with Gasteiger partial charge < -0.3 is 5.32 Å². The summed E-state index contributed by atoms with van der Waals surface area (Å²) >= 11 is 0. The van der Waals surface area contributed by atoms with Gasteiger partial charge in [-0.05, 0) is 46.2 Å². The second-order valence-corrected chi connectivity index (χ2v) is 22.9. The van der Waals surface area contributed by atoms with Crippen LogP contribution in [-0.4, -0.2) is 16.1 Å². The third kappa shape index (κ3) is 6.32. The minimum absolute atomic E-state index is 0.126. The number of rotatable bonds is 4. The monoisotopic (exact) mass is 425 g/mol. The van der Waals surface area contributed by atoms with Crippen molar-refractivity contribution < 1.29 is 0 Å². The van der Waals surface area contributed by atoms with E-state index in [0.29, 0.717) is 0 Å². The van der Waals surface area contributed by atoms with E-state index in [9.17, 15) is 0 Å². The maximum atomic E-state index is 3.80. The molecule has 1 nitrogen and oxygen atoms in total. The molecule has 2 aromatic rings. The molecule has 2 aromatic carbocycles. The fraction of sp³-hybridized carbons (Fsp3) is 0.538. The van der Waals surface area contributed by atoms with E-state index in [4.69, 9.17) is 0 Å². The van der Waals surface area contributed by atoms with Crippen LogP contribution in [0.2, 0.25) is 39.3 Å². The summed E-state index contributed by atoms with van der Waals surface area (Å²) in [6.45, 7) is 28.5. The Balaban J connectivity index is 2.61. The zero-order valence-electron chi connectivity index (χ0n) is 21.0. The lowest BCUT2D eigenvalue weighted by molar-refractivity contribution is 0.569. The van der Waals surface area contributed by atoms with E-state index in [1.54, 1.807) is 10.4 Å². The molecule has 160 valence electrons. The van der Waals surface area contributed by atoms with E-state index in [1.165, 1.54) is 22.5 Å². The molecule has 0 spiro atoms. The average Bonchev–Trinajstić information content (AvgIpc) is 2.51. The Morgan fingerprint density at radius 2 is 0.862 bits per heavy atom. The van der Waals surface area contributed by atoms with Gasteiger partial charge in [-0.3, -0.25) is 0 Å². The standard InChI is InChI=1S/C26H43NSi2/c1-25(2,3)19-13-20(26(4,5)6)15-21(14-19)27-22-16-23(28(7,8)9)18-24(17-22)29(10,11)12/h13-18,27H,1-12H3. The molecule has 0 atom stereocenters. The van der Waals surface area contributed by atoms with Gasteiger partial charge in [0, 0.05) is 11.4 Å². The highest BCUT2D eigenvalue weighted by molar-refractivity contribution is 6.91. The van der Waals surface area contributed by atoms with Crippen molar-refractivity contribution in [2.24, 2.45) is 0 Å². The van der Waals surface area contributed by atoms with Crippen LogP contribution in [0.4, 0.5) is 11.4 Å². The van der Waals surface area contributed by atoms with E-state index in [2.05, 4.69) is 123 Å². The highest BCUT2D eigenvalue weighted by Gasteiger charge is 2.24. The van der Waals surface area contributed by atoms with Gasteiger partial charge in [-0.15, -0.1) is 0 Å². The Morgan fingerprint density at radius 3 is 1.17 bits per heavy atom. The van der Waals surface area contributed by atoms with Gasteiger partial charge in [0.05, 0.1) is 16.1 Å². The zero-order chi connectivity index (χ0) is 22.4. The summed E-state index contributed by atoms with van der Waals surface area (Å²) in [4.78, 5) is 0. The molecule has 0 saturated carbocycles. The lowest BCUT2D eigenvalue weighted by atomic mass is 9.80. The van der Waals surface area contributed by atoms with Crippen LogP contribution in [0.1, 0.15) is 52.7 Å². The van der Waals surface area contributed by atoms with Gasteiger partial charge in [0.1, 0.15) is 0 Å². The topological polar surface area (TPSA) is 12.0 Å². The molecule has 3 heteroatoms. The molecule has 0 aliphatic heterocycles. The van der Waals surface area contributed by atoms with Gasteiger partial charge in [-0.2, -0.15) is 0 Å². The summed E-state index contributed by atoms with van der Waals surface area (Å²) < 4.78 is 0. The van der Waals surface area contributed by atoms with Crippen LogP contribution in [0.3, 0.4) is 0 Å². The van der Waals surface area contributed by atoms with Crippen LogP contribution < -0.4 is 15.7 Å². The Labute approximate surface area is 182 Å². The Hall–Kier alpha value is -1.33. The summed E-state index contributed by atoms with van der Waals surface area (Å²) in [5.74, 6) is 0. The molecule has 0 radical (unpaired) electrons. The molecule has 0 saturated heterocycles. The van der Waals surface area contributed by atoms with E-state index in [-0.39, 0.29) is 10.8 Å². The SMILES string of the molecule is CC(C)(C)c1cc(Nc2cc([Si](C)(C)C)cc([Si](C)(C)C)c2)cc(C(C)(C)C)c1. The van der Waals surface area contributed by atoms with Gasteiger partial charge in [0.2, 0.25) is 0 Å². The third-order valence-electron chi connectivity index (χ3n) is 5.62. The van der Waals surface area contributed by atoms with E-state index in [1.807, 2.05) is 0 Å². The van der Waals surface area contributed by atoms with Crippen LogP contribution in [0, 0.1) is 0 Å². The van der Waals surface area contributed by atoms with Crippen molar-refractivity contribution in [2.45, 2.75) is 91.7 Å². The molecule has 0 aromatic heterocycles. The largest absolute Gasteiger partial charge is 0.356 e. The summed E-state index contributed by atoms with van der Waals surface area (Å²) in [6.07, 6.45) is 0. The summed E-state index contributed by atoms with van der Waals surface area (Å²) in [5, 5.41) is 6.89. The highest BCUT2D eigenvalue weighted by atomic mass is 28.3. The maximum Gasteiger partial charge on any atom is 0.0776 e. The number of nitrogens with one attached hydrogen (secondary N) is 1. The van der Waals surface area contributed by atoms with Crippen molar-refractivity contribution in [1.29, 1.82) is 0 Å². The summed E-state index contributed by atoms with van der Waals surface area (Å²) in [6, 6.07) is 14.4. The van der Waals surface area contributed by atoms with Gasteiger partial charge in [-0.25, -0.2) is 0 Å². The zero-order valence-corrected chi connectivity index (χ0v) is 23.0. The molecular formula is C26H43NSi2. The van der Waals surface area contributed by atoms with Crippen LogP contribution in [0.15, 0.2) is 36.4 Å². The minimum Gasteiger partial charge on any atom is -0.356 e. The van der Waals surface area contributed by atoms with Crippen molar-refractivity contribution in [1.82, 2.24) is 0 Å². The van der Waals surface area contributed by atoms with Gasteiger partial charge in [-0.1, -0.05) is 103 Å². The second kappa shape index (κ2) is 7.74. The summed E-state index contributed by atoms with van der Waals surface area (Å²) in [7, 11) is -2.78. The molecule has 0 amide bonds. The molecule has 0 unspecified atom stereocenters. The first-order valence-electron chi connectivity index (χ1n) is 11.0. The number of benzene rings is 2. The van der Waals surface area contributed by atoms with Crippen molar-refractivity contribution in [3.8, 4) is 0 Å². The van der Waals surface area contributed by atoms with Crippen LogP contribution in [0.25, 0.3) is 0 Å². The molecule has 29 heavy (non-hydrogen) atoms. The Morgan fingerprint density at radius 1 is 0.517 bits per heavy atom. The van der Waals surface area contributed by atoms with Crippen LogP contribution in [0.5, 0.6) is 0 Å². The number of hydrogen-bond donors (Lipinski definition) is 1. The average molecular weight is 426 g/mol. The molecule has 1 N–H and O–H groups in total. The Kier molecular flexibility index (Phi) is 6.39. The fourth-order valence-electron chi connectivity index (χ4n) is 3.30. The quantitative estimate of drug-likeness (QED) is 0.514. The molecule has 0 fully saturated rings. The third-order valence-corrected chi connectivity index (χ3v) is 9.66. The van der Waals surface area contributed by atoms with Gasteiger partial charge in [0.25, 0.3) is 0 Å². The normalized spacial score (nSPS) is 13.5. The smallest absolute Gasteiger partial charge is 0.0776 e. The molecular weight excluding hydrogens is 382 g/mol. The molecule has 0 heterocycles. The minimum atomic E-state index is -1.39. The van der Waals surface area contributed by atoms with E-state index >= 15 is 0 Å². The Bertz CT molecular complexity index is 732. The molecule has 0 aliphatic rings. The highest BCUT2D eigenvalue weighted by Crippen LogP contribution is 2.33. The van der Waals surface area contributed by atoms with Gasteiger partial charge >= 0.3 is 0 Å².